The summed E-state index contributed by atoms with van der Waals surface area (Å²) in [6.07, 6.45) is 3.34. The van der Waals surface area contributed by atoms with Gasteiger partial charge < -0.3 is 14.2 Å². The summed E-state index contributed by atoms with van der Waals surface area (Å²) in [7, 11) is 0. The summed E-state index contributed by atoms with van der Waals surface area (Å²) in [5.74, 6) is 1.03. The molecule has 0 amide bonds. The predicted octanol–water partition coefficient (Wildman–Crippen LogP) is 4.75. The van der Waals surface area contributed by atoms with Crippen molar-refractivity contribution in [1.29, 1.82) is 0 Å². The fourth-order valence-corrected chi connectivity index (χ4v) is 5.24. The van der Waals surface area contributed by atoms with Crippen molar-refractivity contribution in [2.24, 2.45) is 0 Å². The van der Waals surface area contributed by atoms with Gasteiger partial charge in [-0.3, -0.25) is 0 Å². The minimum Gasteiger partial charge on any atom is -0.462 e. The van der Waals surface area contributed by atoms with Crippen molar-refractivity contribution >= 4 is 33.3 Å². The zero-order valence-electron chi connectivity index (χ0n) is 18.2. The van der Waals surface area contributed by atoms with Crippen molar-refractivity contribution in [3.63, 3.8) is 0 Å². The summed E-state index contributed by atoms with van der Waals surface area (Å²) < 4.78 is 24.3. The van der Waals surface area contributed by atoms with Crippen molar-refractivity contribution < 1.29 is 18.4 Å². The lowest BCUT2D eigenvalue weighted by Gasteiger charge is -2.32. The minimum absolute atomic E-state index is 0.0158. The SMILES string of the molecule is CCOC(=O)c1sc2ncnc(N3CCCC(c4nc(-c5cccc(F)c5)no4)C3)c2c1C. The number of benzene rings is 1. The third kappa shape index (κ3) is 4.06. The molecule has 33 heavy (non-hydrogen) atoms. The number of aryl methyl sites for hydroxylation is 1. The number of piperidine rings is 1. The van der Waals surface area contributed by atoms with Crippen molar-refractivity contribution in [1.82, 2.24) is 20.1 Å². The summed E-state index contributed by atoms with van der Waals surface area (Å²) in [5.41, 5.74) is 1.41. The summed E-state index contributed by atoms with van der Waals surface area (Å²) in [6.45, 7) is 5.47. The van der Waals surface area contributed by atoms with Gasteiger partial charge in [0.2, 0.25) is 11.7 Å². The van der Waals surface area contributed by atoms with E-state index in [1.165, 1.54) is 29.8 Å². The second-order valence-electron chi connectivity index (χ2n) is 7.91. The van der Waals surface area contributed by atoms with Gasteiger partial charge in [-0.1, -0.05) is 17.3 Å². The van der Waals surface area contributed by atoms with E-state index in [0.717, 1.165) is 41.0 Å². The van der Waals surface area contributed by atoms with E-state index < -0.39 is 0 Å². The molecule has 0 bridgehead atoms. The minimum atomic E-state index is -0.344. The van der Waals surface area contributed by atoms with Gasteiger partial charge in [0, 0.05) is 18.7 Å². The van der Waals surface area contributed by atoms with Crippen LogP contribution in [0.5, 0.6) is 0 Å². The number of halogens is 1. The Kier molecular flexibility index (Phi) is 5.76. The average Bonchev–Trinajstić information content (AvgIpc) is 3.45. The Morgan fingerprint density at radius 2 is 2.24 bits per heavy atom. The molecule has 8 nitrogen and oxygen atoms in total. The van der Waals surface area contributed by atoms with Crippen LogP contribution in [0, 0.1) is 12.7 Å². The lowest BCUT2D eigenvalue weighted by molar-refractivity contribution is 0.0531. The molecule has 4 aromatic rings. The largest absolute Gasteiger partial charge is 0.462 e. The molecule has 1 unspecified atom stereocenters. The summed E-state index contributed by atoms with van der Waals surface area (Å²) in [4.78, 5) is 29.4. The van der Waals surface area contributed by atoms with Crippen molar-refractivity contribution in [3.05, 3.63) is 52.7 Å². The number of carbonyl (C=O) groups is 1. The highest BCUT2D eigenvalue weighted by atomic mass is 32.1. The van der Waals surface area contributed by atoms with Gasteiger partial charge in [0.05, 0.1) is 17.9 Å². The van der Waals surface area contributed by atoms with E-state index in [4.69, 9.17) is 9.26 Å². The molecule has 3 aromatic heterocycles. The number of anilines is 1. The molecule has 0 N–H and O–H groups in total. The Morgan fingerprint density at radius 1 is 1.36 bits per heavy atom. The van der Waals surface area contributed by atoms with Crippen molar-refractivity contribution in [3.8, 4) is 11.4 Å². The first kappa shape index (κ1) is 21.4. The van der Waals surface area contributed by atoms with E-state index in [1.807, 2.05) is 6.92 Å². The number of ether oxygens (including phenoxy) is 1. The van der Waals surface area contributed by atoms with Crippen molar-refractivity contribution in [2.75, 3.05) is 24.6 Å². The Morgan fingerprint density at radius 3 is 3.06 bits per heavy atom. The van der Waals surface area contributed by atoms with Crippen LogP contribution in [0.2, 0.25) is 0 Å². The first-order chi connectivity index (χ1) is 16.0. The third-order valence-electron chi connectivity index (χ3n) is 5.76. The zero-order valence-corrected chi connectivity index (χ0v) is 19.1. The highest BCUT2D eigenvalue weighted by molar-refractivity contribution is 7.20. The molecular formula is C23H22FN5O3S. The summed E-state index contributed by atoms with van der Waals surface area (Å²) >= 11 is 1.33. The molecule has 1 aromatic carbocycles. The van der Waals surface area contributed by atoms with E-state index >= 15 is 0 Å². The van der Waals surface area contributed by atoms with Gasteiger partial charge in [-0.2, -0.15) is 4.98 Å². The van der Waals surface area contributed by atoms with Crippen LogP contribution in [0.4, 0.5) is 10.2 Å². The van der Waals surface area contributed by atoms with Gasteiger partial charge in [0.25, 0.3) is 0 Å². The van der Waals surface area contributed by atoms with Gasteiger partial charge >= 0.3 is 5.97 Å². The lowest BCUT2D eigenvalue weighted by Crippen LogP contribution is -2.35. The first-order valence-corrected chi connectivity index (χ1v) is 11.6. The highest BCUT2D eigenvalue weighted by Crippen LogP contribution is 2.38. The zero-order chi connectivity index (χ0) is 22.9. The molecule has 1 aliphatic rings. The van der Waals surface area contributed by atoms with E-state index in [-0.39, 0.29) is 17.7 Å². The molecule has 1 saturated heterocycles. The van der Waals surface area contributed by atoms with Crippen molar-refractivity contribution in [2.45, 2.75) is 32.6 Å². The molecule has 0 spiro atoms. The molecule has 0 saturated carbocycles. The third-order valence-corrected chi connectivity index (χ3v) is 6.94. The quantitative estimate of drug-likeness (QED) is 0.388. The number of fused-ring (bicyclic) bond motifs is 1. The van der Waals surface area contributed by atoms with E-state index in [9.17, 15) is 9.18 Å². The predicted molar refractivity (Wildman–Crippen MR) is 122 cm³/mol. The fourth-order valence-electron chi connectivity index (χ4n) is 4.20. The maximum Gasteiger partial charge on any atom is 0.348 e. The van der Waals surface area contributed by atoms with E-state index in [2.05, 4.69) is 25.0 Å². The second kappa shape index (κ2) is 8.86. The number of aromatic nitrogens is 4. The topological polar surface area (TPSA) is 94.2 Å². The Bertz CT molecular complexity index is 1320. The van der Waals surface area contributed by atoms with Gasteiger partial charge in [-0.25, -0.2) is 19.2 Å². The molecule has 1 fully saturated rings. The van der Waals surface area contributed by atoms with Gasteiger partial charge in [0.15, 0.2) is 0 Å². The van der Waals surface area contributed by atoms with Gasteiger partial charge in [-0.15, -0.1) is 11.3 Å². The number of carbonyl (C=O) groups excluding carboxylic acids is 1. The monoisotopic (exact) mass is 467 g/mol. The molecule has 0 radical (unpaired) electrons. The summed E-state index contributed by atoms with van der Waals surface area (Å²) in [6, 6.07) is 6.14. The van der Waals surface area contributed by atoms with Gasteiger partial charge in [0.1, 0.15) is 27.7 Å². The average molecular weight is 468 g/mol. The molecule has 0 aliphatic carbocycles. The lowest BCUT2D eigenvalue weighted by atomic mass is 9.97. The van der Waals surface area contributed by atoms with Crippen LogP contribution in [0.1, 0.15) is 46.8 Å². The van der Waals surface area contributed by atoms with Gasteiger partial charge in [-0.05, 0) is 44.4 Å². The number of thiophene rings is 1. The van der Waals surface area contributed by atoms with Crippen LogP contribution in [0.25, 0.3) is 21.6 Å². The van der Waals surface area contributed by atoms with Crippen LogP contribution in [0.15, 0.2) is 35.1 Å². The number of hydrogen-bond donors (Lipinski definition) is 0. The maximum atomic E-state index is 13.6. The molecule has 170 valence electrons. The van der Waals surface area contributed by atoms with E-state index in [0.29, 0.717) is 35.3 Å². The van der Waals surface area contributed by atoms with Crippen LogP contribution in [0.3, 0.4) is 0 Å². The molecule has 1 aliphatic heterocycles. The second-order valence-corrected chi connectivity index (χ2v) is 8.90. The molecule has 1 atom stereocenters. The normalized spacial score (nSPS) is 16.3. The Balaban J connectivity index is 1.43. The highest BCUT2D eigenvalue weighted by Gasteiger charge is 2.29. The fraction of sp³-hybridized carbons (Fsp3) is 0.348. The number of rotatable bonds is 5. The molecular weight excluding hydrogens is 445 g/mol. The van der Waals surface area contributed by atoms with Crippen LogP contribution in [-0.2, 0) is 4.74 Å². The maximum absolute atomic E-state index is 13.6. The number of nitrogens with zero attached hydrogens (tertiary/aromatic N) is 5. The molecule has 10 heteroatoms. The Labute approximate surface area is 193 Å². The molecule has 5 rings (SSSR count). The van der Waals surface area contributed by atoms with E-state index in [1.54, 1.807) is 19.1 Å². The van der Waals surface area contributed by atoms with Crippen LogP contribution >= 0.6 is 11.3 Å². The first-order valence-electron chi connectivity index (χ1n) is 10.8. The van der Waals surface area contributed by atoms with Crippen LogP contribution in [-0.4, -0.2) is 45.8 Å². The number of esters is 1. The Hall–Kier alpha value is -3.40. The smallest absolute Gasteiger partial charge is 0.348 e. The molecule has 4 heterocycles. The standard InChI is InChI=1S/C23H22FN5O3S/c1-3-31-23(30)18-13(2)17-20(25-12-26-22(17)33-18)29-9-5-7-15(11-29)21-27-19(28-32-21)14-6-4-8-16(24)10-14/h4,6,8,10,12,15H,3,5,7,9,11H2,1-2H3. The number of hydrogen-bond acceptors (Lipinski definition) is 9. The summed E-state index contributed by atoms with van der Waals surface area (Å²) in [5, 5.41) is 4.93. The van der Waals surface area contributed by atoms with Crippen LogP contribution < -0.4 is 4.90 Å².